The zero-order valence-corrected chi connectivity index (χ0v) is 12.3. The van der Waals surface area contributed by atoms with Crippen LogP contribution in [0.4, 0.5) is 11.5 Å². The first kappa shape index (κ1) is 14.8. The Kier molecular flexibility index (Phi) is 3.99. The summed E-state index contributed by atoms with van der Waals surface area (Å²) in [7, 11) is 0. The second kappa shape index (κ2) is 5.40. The summed E-state index contributed by atoms with van der Waals surface area (Å²) in [6.07, 6.45) is 3.11. The number of nitrogens with one attached hydrogen (secondary N) is 1. The molecule has 3 N–H and O–H groups in total. The molecule has 1 aliphatic carbocycles. The summed E-state index contributed by atoms with van der Waals surface area (Å²) < 4.78 is 1.70. The first-order chi connectivity index (χ1) is 9.42. The fourth-order valence-corrected chi connectivity index (χ4v) is 2.60. The van der Waals surface area contributed by atoms with Gasteiger partial charge in [0.1, 0.15) is 5.69 Å². The van der Waals surface area contributed by atoms with Crippen molar-refractivity contribution < 1.29 is 4.92 Å². The lowest BCUT2D eigenvalue weighted by Crippen LogP contribution is -2.45. The lowest BCUT2D eigenvalue weighted by atomic mass is 9.96. The summed E-state index contributed by atoms with van der Waals surface area (Å²) in [4.78, 5) is 10.9. The fourth-order valence-electron chi connectivity index (χ4n) is 2.60. The molecule has 1 atom stereocenters. The highest BCUT2D eigenvalue weighted by Crippen LogP contribution is 2.42. The Balaban J connectivity index is 2.39. The molecule has 0 bridgehead atoms. The zero-order valence-electron chi connectivity index (χ0n) is 12.3. The molecule has 20 heavy (non-hydrogen) atoms. The van der Waals surface area contributed by atoms with Crippen molar-refractivity contribution in [2.45, 2.75) is 52.1 Å². The van der Waals surface area contributed by atoms with Crippen LogP contribution in [0.25, 0.3) is 0 Å². The second-order valence-electron chi connectivity index (χ2n) is 5.78. The third-order valence-corrected chi connectivity index (χ3v) is 4.02. The number of hydrogen-bond acceptors (Lipinski definition) is 5. The number of anilines is 1. The molecule has 1 unspecified atom stereocenters. The van der Waals surface area contributed by atoms with Crippen LogP contribution < -0.4 is 11.1 Å². The van der Waals surface area contributed by atoms with Crippen molar-refractivity contribution in [3.8, 4) is 0 Å². The van der Waals surface area contributed by atoms with E-state index in [0.717, 1.165) is 19.3 Å². The van der Waals surface area contributed by atoms with Crippen molar-refractivity contribution in [1.82, 2.24) is 9.78 Å². The van der Waals surface area contributed by atoms with Gasteiger partial charge in [0.15, 0.2) is 0 Å². The molecule has 112 valence electrons. The van der Waals surface area contributed by atoms with Crippen LogP contribution in [-0.2, 0) is 6.54 Å². The Morgan fingerprint density at radius 1 is 1.60 bits per heavy atom. The van der Waals surface area contributed by atoms with Crippen LogP contribution in [0.2, 0.25) is 0 Å². The van der Waals surface area contributed by atoms with Gasteiger partial charge in [-0.25, -0.2) is 4.68 Å². The summed E-state index contributed by atoms with van der Waals surface area (Å²) in [5.41, 5.74) is 6.10. The van der Waals surface area contributed by atoms with E-state index >= 15 is 0 Å². The molecule has 0 spiro atoms. The van der Waals surface area contributed by atoms with Gasteiger partial charge < -0.3 is 11.1 Å². The maximum atomic E-state index is 11.3. The standard InChI is InChI=1S/C13H23N5O2/c1-4-7-17-12(11(18(19)20)9(2)16-17)15-13(3,8-14)10-5-6-10/h10,15H,4-8,14H2,1-3H3. The Morgan fingerprint density at radius 2 is 2.25 bits per heavy atom. The number of nitrogens with two attached hydrogens (primary N) is 1. The summed E-state index contributed by atoms with van der Waals surface area (Å²) >= 11 is 0. The van der Waals surface area contributed by atoms with Crippen molar-refractivity contribution in [2.24, 2.45) is 11.7 Å². The largest absolute Gasteiger partial charge is 0.358 e. The number of aromatic nitrogens is 2. The topological polar surface area (TPSA) is 99.0 Å². The van der Waals surface area contributed by atoms with Crippen LogP contribution in [-0.4, -0.2) is 26.8 Å². The molecule has 0 radical (unpaired) electrons. The maximum absolute atomic E-state index is 11.3. The van der Waals surface area contributed by atoms with E-state index < -0.39 is 0 Å². The zero-order chi connectivity index (χ0) is 14.9. The minimum atomic E-state index is -0.360. The van der Waals surface area contributed by atoms with Crippen LogP contribution in [0, 0.1) is 23.0 Å². The van der Waals surface area contributed by atoms with Crippen LogP contribution >= 0.6 is 0 Å². The van der Waals surface area contributed by atoms with Crippen molar-refractivity contribution in [2.75, 3.05) is 11.9 Å². The summed E-state index contributed by atoms with van der Waals surface area (Å²) in [6.45, 7) is 6.84. The van der Waals surface area contributed by atoms with Crippen molar-refractivity contribution >= 4 is 11.5 Å². The number of aryl methyl sites for hydroxylation is 2. The quantitative estimate of drug-likeness (QED) is 0.588. The van der Waals surface area contributed by atoms with Gasteiger partial charge >= 0.3 is 5.69 Å². The number of nitro groups is 1. The smallest absolute Gasteiger partial charge is 0.333 e. The summed E-state index contributed by atoms with van der Waals surface area (Å²) in [6, 6.07) is 0. The average Bonchev–Trinajstić information content (AvgIpc) is 3.17. The van der Waals surface area contributed by atoms with E-state index in [1.54, 1.807) is 11.6 Å². The molecular formula is C13H23N5O2. The molecule has 1 aliphatic rings. The Hall–Kier alpha value is -1.63. The van der Waals surface area contributed by atoms with Gasteiger partial charge in [-0.3, -0.25) is 10.1 Å². The van der Waals surface area contributed by atoms with Crippen molar-refractivity contribution in [1.29, 1.82) is 0 Å². The third-order valence-electron chi connectivity index (χ3n) is 4.02. The van der Waals surface area contributed by atoms with Gasteiger partial charge in [0, 0.05) is 13.1 Å². The second-order valence-corrected chi connectivity index (χ2v) is 5.78. The van der Waals surface area contributed by atoms with Gasteiger partial charge in [-0.1, -0.05) is 6.92 Å². The Labute approximate surface area is 118 Å². The van der Waals surface area contributed by atoms with Crippen molar-refractivity contribution in [3.63, 3.8) is 0 Å². The number of rotatable bonds is 7. The van der Waals surface area contributed by atoms with Gasteiger partial charge in [-0.05, 0) is 39.0 Å². The molecule has 2 rings (SSSR count). The van der Waals surface area contributed by atoms with Gasteiger partial charge in [0.05, 0.1) is 10.5 Å². The third kappa shape index (κ3) is 2.63. The molecule has 1 aromatic rings. The highest BCUT2D eigenvalue weighted by molar-refractivity contribution is 5.61. The highest BCUT2D eigenvalue weighted by Gasteiger charge is 2.42. The van der Waals surface area contributed by atoms with Gasteiger partial charge in [0.2, 0.25) is 5.82 Å². The lowest BCUT2D eigenvalue weighted by Gasteiger charge is -2.30. The first-order valence-corrected chi connectivity index (χ1v) is 7.13. The molecule has 0 aliphatic heterocycles. The predicted molar refractivity (Wildman–Crippen MR) is 77.7 cm³/mol. The molecule has 1 heterocycles. The van der Waals surface area contributed by atoms with E-state index in [1.165, 1.54) is 0 Å². The van der Waals surface area contributed by atoms with E-state index in [0.29, 0.717) is 30.5 Å². The molecular weight excluding hydrogens is 258 g/mol. The van der Waals surface area contributed by atoms with E-state index in [9.17, 15) is 10.1 Å². The molecule has 7 heteroatoms. The lowest BCUT2D eigenvalue weighted by molar-refractivity contribution is -0.384. The van der Waals surface area contributed by atoms with Crippen LogP contribution in [0.15, 0.2) is 0 Å². The van der Waals surface area contributed by atoms with Crippen LogP contribution in [0.3, 0.4) is 0 Å². The van der Waals surface area contributed by atoms with Crippen LogP contribution in [0.5, 0.6) is 0 Å². The Morgan fingerprint density at radius 3 is 2.70 bits per heavy atom. The monoisotopic (exact) mass is 281 g/mol. The van der Waals surface area contributed by atoms with E-state index in [-0.39, 0.29) is 16.1 Å². The van der Waals surface area contributed by atoms with E-state index in [1.807, 2.05) is 13.8 Å². The van der Waals surface area contributed by atoms with Gasteiger partial charge in [-0.2, -0.15) is 5.10 Å². The summed E-state index contributed by atoms with van der Waals surface area (Å²) in [5, 5.41) is 18.9. The minimum Gasteiger partial charge on any atom is -0.358 e. The number of nitrogens with zero attached hydrogens (tertiary/aromatic N) is 3. The van der Waals surface area contributed by atoms with E-state index in [2.05, 4.69) is 10.4 Å². The first-order valence-electron chi connectivity index (χ1n) is 7.13. The van der Waals surface area contributed by atoms with Gasteiger partial charge in [0.25, 0.3) is 0 Å². The number of hydrogen-bond donors (Lipinski definition) is 2. The SMILES string of the molecule is CCCn1nc(C)c([N+](=O)[O-])c1NC(C)(CN)C1CC1. The molecule has 1 fully saturated rings. The molecule has 1 saturated carbocycles. The molecule has 0 saturated heterocycles. The summed E-state index contributed by atoms with van der Waals surface area (Å²) in [5.74, 6) is 0.978. The highest BCUT2D eigenvalue weighted by atomic mass is 16.6. The maximum Gasteiger partial charge on any atom is 0.333 e. The van der Waals surface area contributed by atoms with E-state index in [4.69, 9.17) is 5.73 Å². The molecule has 0 aromatic carbocycles. The Bertz CT molecular complexity index is 509. The van der Waals surface area contributed by atoms with Crippen molar-refractivity contribution in [3.05, 3.63) is 15.8 Å². The fraction of sp³-hybridized carbons (Fsp3) is 0.769. The molecule has 1 aromatic heterocycles. The molecule has 7 nitrogen and oxygen atoms in total. The normalized spacial score (nSPS) is 17.8. The molecule has 0 amide bonds. The van der Waals surface area contributed by atoms with Gasteiger partial charge in [-0.15, -0.1) is 0 Å². The predicted octanol–water partition coefficient (Wildman–Crippen LogP) is 2.05. The minimum absolute atomic E-state index is 0.0683. The van der Waals surface area contributed by atoms with Crippen LogP contribution in [0.1, 0.15) is 38.8 Å². The average molecular weight is 281 g/mol.